The summed E-state index contributed by atoms with van der Waals surface area (Å²) in [4.78, 5) is 0. The maximum Gasteiger partial charge on any atom is 0.119 e. The molecule has 1 N–H and O–H groups in total. The van der Waals surface area contributed by atoms with Crippen molar-refractivity contribution in [3.05, 3.63) is 28.3 Å². The Morgan fingerprint density at radius 2 is 1.76 bits per heavy atom. The molecule has 0 heterocycles. The Balaban J connectivity index is 2.70. The fraction of sp³-hybridized carbons (Fsp3) is 0.571. The second kappa shape index (κ2) is 5.74. The highest BCUT2D eigenvalue weighted by Gasteiger charge is 2.18. The Labute approximate surface area is 109 Å². The Morgan fingerprint density at radius 3 is 2.24 bits per heavy atom. The summed E-state index contributed by atoms with van der Waals surface area (Å²) in [6, 6.07) is 3.98. The van der Waals surface area contributed by atoms with Crippen LogP contribution in [0, 0.1) is 19.3 Å². The number of ether oxygens (including phenoxy) is 1. The first-order valence-corrected chi connectivity index (χ1v) is 6.28. The first-order chi connectivity index (χ1) is 7.85. The van der Waals surface area contributed by atoms with Gasteiger partial charge in [-0.05, 0) is 44.2 Å². The van der Waals surface area contributed by atoms with Gasteiger partial charge in [0.25, 0.3) is 0 Å². The van der Waals surface area contributed by atoms with Crippen molar-refractivity contribution in [1.82, 2.24) is 5.32 Å². The third-order valence-corrected chi connectivity index (χ3v) is 3.29. The quantitative estimate of drug-likeness (QED) is 0.868. The normalized spacial score (nSPS) is 11.6. The number of hydrogen-bond donors (Lipinski definition) is 1. The molecule has 0 atom stereocenters. The zero-order chi connectivity index (χ0) is 13.1. The van der Waals surface area contributed by atoms with E-state index in [1.54, 1.807) is 0 Å². The van der Waals surface area contributed by atoms with E-state index in [0.717, 1.165) is 28.4 Å². The molecule has 1 rings (SSSR count). The lowest BCUT2D eigenvalue weighted by Gasteiger charge is -2.24. The van der Waals surface area contributed by atoms with Crippen LogP contribution in [0.3, 0.4) is 0 Å². The molecule has 0 spiro atoms. The molecule has 0 aromatic heterocycles. The molecule has 1 aromatic rings. The van der Waals surface area contributed by atoms with Crippen molar-refractivity contribution < 1.29 is 4.74 Å². The van der Waals surface area contributed by atoms with Crippen LogP contribution in [-0.2, 0) is 0 Å². The maximum absolute atomic E-state index is 6.12. The standard InChI is InChI=1S/C14H22ClNO/c1-10-6-12(7-11(2)13(10)15)17-9-14(3,4)8-16-5/h6-7,16H,8-9H2,1-5H3. The third-order valence-electron chi connectivity index (χ3n) is 2.69. The topological polar surface area (TPSA) is 21.3 Å². The van der Waals surface area contributed by atoms with Crippen molar-refractivity contribution in [2.24, 2.45) is 5.41 Å². The van der Waals surface area contributed by atoms with Crippen molar-refractivity contribution in [2.75, 3.05) is 20.2 Å². The number of aryl methyl sites for hydroxylation is 2. The Kier molecular flexibility index (Phi) is 4.84. The first kappa shape index (κ1) is 14.3. The van der Waals surface area contributed by atoms with Crippen molar-refractivity contribution in [3.8, 4) is 5.75 Å². The van der Waals surface area contributed by atoms with E-state index in [9.17, 15) is 0 Å². The van der Waals surface area contributed by atoms with Crippen LogP contribution < -0.4 is 10.1 Å². The molecule has 0 amide bonds. The molecule has 0 aliphatic rings. The van der Waals surface area contributed by atoms with Crippen LogP contribution in [0.5, 0.6) is 5.75 Å². The van der Waals surface area contributed by atoms with E-state index in [0.29, 0.717) is 6.61 Å². The lowest BCUT2D eigenvalue weighted by molar-refractivity contribution is 0.179. The van der Waals surface area contributed by atoms with E-state index >= 15 is 0 Å². The minimum Gasteiger partial charge on any atom is -0.493 e. The molecule has 0 saturated heterocycles. The van der Waals surface area contributed by atoms with Crippen LogP contribution in [-0.4, -0.2) is 20.2 Å². The highest BCUT2D eigenvalue weighted by molar-refractivity contribution is 6.32. The predicted molar refractivity (Wildman–Crippen MR) is 74.1 cm³/mol. The monoisotopic (exact) mass is 255 g/mol. The van der Waals surface area contributed by atoms with Crippen molar-refractivity contribution in [3.63, 3.8) is 0 Å². The Morgan fingerprint density at radius 1 is 1.24 bits per heavy atom. The van der Waals surface area contributed by atoms with Crippen LogP contribution in [0.4, 0.5) is 0 Å². The molecule has 0 radical (unpaired) electrons. The minimum atomic E-state index is 0.121. The summed E-state index contributed by atoms with van der Waals surface area (Å²) in [5, 5.41) is 4.00. The Hall–Kier alpha value is -0.730. The Bertz CT molecular complexity index is 365. The SMILES string of the molecule is CNCC(C)(C)COc1cc(C)c(Cl)c(C)c1. The summed E-state index contributed by atoms with van der Waals surface area (Å²) >= 11 is 6.12. The van der Waals surface area contributed by atoms with Crippen LogP contribution >= 0.6 is 11.6 Å². The molecule has 0 aliphatic carbocycles. The summed E-state index contributed by atoms with van der Waals surface area (Å²) in [6.07, 6.45) is 0. The van der Waals surface area contributed by atoms with Gasteiger partial charge in [-0.2, -0.15) is 0 Å². The summed E-state index contributed by atoms with van der Waals surface area (Å²) in [7, 11) is 1.96. The molecular formula is C14H22ClNO. The summed E-state index contributed by atoms with van der Waals surface area (Å²) in [5.41, 5.74) is 2.25. The van der Waals surface area contributed by atoms with E-state index in [1.807, 2.05) is 33.0 Å². The number of halogens is 1. The van der Waals surface area contributed by atoms with Gasteiger partial charge in [-0.1, -0.05) is 25.4 Å². The molecule has 1 aromatic carbocycles. The smallest absolute Gasteiger partial charge is 0.119 e. The van der Waals surface area contributed by atoms with E-state index in [-0.39, 0.29) is 5.41 Å². The fourth-order valence-electron chi connectivity index (χ4n) is 1.80. The van der Waals surface area contributed by atoms with Crippen LogP contribution in [0.15, 0.2) is 12.1 Å². The zero-order valence-corrected chi connectivity index (χ0v) is 12.1. The first-order valence-electron chi connectivity index (χ1n) is 5.90. The minimum absolute atomic E-state index is 0.121. The fourth-order valence-corrected chi connectivity index (χ4v) is 1.91. The average Bonchev–Trinajstić information content (AvgIpc) is 2.23. The van der Waals surface area contributed by atoms with E-state index in [4.69, 9.17) is 16.3 Å². The highest BCUT2D eigenvalue weighted by Crippen LogP contribution is 2.27. The number of benzene rings is 1. The molecule has 96 valence electrons. The van der Waals surface area contributed by atoms with Gasteiger partial charge in [-0.3, -0.25) is 0 Å². The maximum atomic E-state index is 6.12. The van der Waals surface area contributed by atoms with E-state index in [1.165, 1.54) is 0 Å². The number of hydrogen-bond acceptors (Lipinski definition) is 2. The van der Waals surface area contributed by atoms with Gasteiger partial charge in [0.15, 0.2) is 0 Å². The lowest BCUT2D eigenvalue weighted by atomic mass is 9.95. The van der Waals surface area contributed by atoms with E-state index in [2.05, 4.69) is 19.2 Å². The van der Waals surface area contributed by atoms with Gasteiger partial charge in [-0.15, -0.1) is 0 Å². The second-order valence-electron chi connectivity index (χ2n) is 5.35. The van der Waals surface area contributed by atoms with E-state index < -0.39 is 0 Å². The summed E-state index contributed by atoms with van der Waals surface area (Å²) in [5.74, 6) is 0.897. The highest BCUT2D eigenvalue weighted by atomic mass is 35.5. The second-order valence-corrected chi connectivity index (χ2v) is 5.73. The zero-order valence-electron chi connectivity index (χ0n) is 11.4. The predicted octanol–water partition coefficient (Wildman–Crippen LogP) is 3.58. The van der Waals surface area contributed by atoms with Crippen molar-refractivity contribution >= 4 is 11.6 Å². The lowest BCUT2D eigenvalue weighted by Crippen LogP contribution is -2.32. The number of nitrogens with one attached hydrogen (secondary N) is 1. The van der Waals surface area contributed by atoms with Crippen LogP contribution in [0.1, 0.15) is 25.0 Å². The van der Waals surface area contributed by atoms with Gasteiger partial charge in [0.1, 0.15) is 5.75 Å². The van der Waals surface area contributed by atoms with Crippen LogP contribution in [0.25, 0.3) is 0 Å². The molecule has 0 fully saturated rings. The molecule has 0 unspecified atom stereocenters. The molecule has 17 heavy (non-hydrogen) atoms. The average molecular weight is 256 g/mol. The molecule has 3 heteroatoms. The van der Waals surface area contributed by atoms with Crippen molar-refractivity contribution in [1.29, 1.82) is 0 Å². The largest absolute Gasteiger partial charge is 0.493 e. The molecular weight excluding hydrogens is 234 g/mol. The summed E-state index contributed by atoms with van der Waals surface area (Å²) < 4.78 is 5.84. The molecule has 0 aliphatic heterocycles. The third kappa shape index (κ3) is 4.21. The van der Waals surface area contributed by atoms with Gasteiger partial charge in [0.2, 0.25) is 0 Å². The van der Waals surface area contributed by atoms with Crippen LogP contribution in [0.2, 0.25) is 5.02 Å². The van der Waals surface area contributed by atoms with Gasteiger partial charge in [-0.25, -0.2) is 0 Å². The van der Waals surface area contributed by atoms with Gasteiger partial charge in [0, 0.05) is 17.0 Å². The molecule has 0 bridgehead atoms. The van der Waals surface area contributed by atoms with Gasteiger partial charge < -0.3 is 10.1 Å². The number of rotatable bonds is 5. The van der Waals surface area contributed by atoms with Gasteiger partial charge in [0.05, 0.1) is 6.61 Å². The van der Waals surface area contributed by atoms with Crippen molar-refractivity contribution in [2.45, 2.75) is 27.7 Å². The van der Waals surface area contributed by atoms with Gasteiger partial charge >= 0.3 is 0 Å². The molecule has 2 nitrogen and oxygen atoms in total. The summed E-state index contributed by atoms with van der Waals surface area (Å²) in [6.45, 7) is 9.98. The molecule has 0 saturated carbocycles.